The summed E-state index contributed by atoms with van der Waals surface area (Å²) in [5.74, 6) is -1.59. The molecule has 0 aromatic heterocycles. The second-order valence-corrected chi connectivity index (χ2v) is 6.59. The van der Waals surface area contributed by atoms with E-state index in [0.717, 1.165) is 18.1 Å². The summed E-state index contributed by atoms with van der Waals surface area (Å²) in [4.78, 5) is 23.8. The van der Waals surface area contributed by atoms with Gasteiger partial charge in [0.05, 0.1) is 0 Å². The first kappa shape index (κ1) is 22.4. The largest absolute Gasteiger partial charge is 0.382 e. The van der Waals surface area contributed by atoms with Crippen molar-refractivity contribution >= 4 is 11.8 Å². The number of amides is 2. The number of aliphatic hydroxyl groups is 1. The van der Waals surface area contributed by atoms with Crippen LogP contribution >= 0.6 is 0 Å². The number of carbonyl (C=O) groups excluding carboxylic acids is 2. The SMILES string of the molecule is C[C@@](O)(C(F)F)[C@H](NCCNC(=O)c1ccc(-c2ccccc2)cc1)C(=O)NO. The maximum Gasteiger partial charge on any atom is 0.268 e. The first-order valence-corrected chi connectivity index (χ1v) is 8.89. The topological polar surface area (TPSA) is 111 Å². The molecule has 0 saturated heterocycles. The maximum atomic E-state index is 13.0. The van der Waals surface area contributed by atoms with Crippen LogP contribution in [0.4, 0.5) is 8.78 Å². The van der Waals surface area contributed by atoms with Gasteiger partial charge >= 0.3 is 0 Å². The standard InChI is InChI=1S/C20H23F2N3O4/c1-20(28,19(21)22)16(18(27)25-29)23-11-12-24-17(26)15-9-7-14(8-10-15)13-5-3-2-4-6-13/h2-10,16,19,23,28-29H,11-12H2,1H3,(H,24,26)(H,25,27)/t16-,20+/m1/s1. The number of nitrogens with one attached hydrogen (secondary N) is 3. The van der Waals surface area contributed by atoms with E-state index in [1.54, 1.807) is 12.1 Å². The molecule has 0 aliphatic heterocycles. The maximum absolute atomic E-state index is 13.0. The van der Waals surface area contributed by atoms with Crippen LogP contribution in [-0.4, -0.2) is 53.3 Å². The minimum Gasteiger partial charge on any atom is -0.382 e. The minimum absolute atomic E-state index is 0.00773. The summed E-state index contributed by atoms with van der Waals surface area (Å²) in [5, 5.41) is 23.5. The number of hydroxylamine groups is 1. The number of halogens is 2. The van der Waals surface area contributed by atoms with Crippen LogP contribution < -0.4 is 16.1 Å². The fourth-order valence-electron chi connectivity index (χ4n) is 2.69. The summed E-state index contributed by atoms with van der Waals surface area (Å²) in [6, 6.07) is 14.8. The molecule has 0 radical (unpaired) electrons. The summed E-state index contributed by atoms with van der Waals surface area (Å²) in [6.45, 7) is 0.694. The predicted octanol–water partition coefficient (Wildman–Crippen LogP) is 1.56. The van der Waals surface area contributed by atoms with Gasteiger partial charge in [-0.2, -0.15) is 0 Å². The number of hydrogen-bond donors (Lipinski definition) is 5. The highest BCUT2D eigenvalue weighted by Crippen LogP contribution is 2.20. The Morgan fingerprint density at radius 3 is 2.14 bits per heavy atom. The van der Waals surface area contributed by atoms with Crippen molar-refractivity contribution in [3.63, 3.8) is 0 Å². The third kappa shape index (κ3) is 5.80. The summed E-state index contributed by atoms with van der Waals surface area (Å²) in [6.07, 6.45) is -3.23. The van der Waals surface area contributed by atoms with E-state index in [1.165, 1.54) is 5.48 Å². The van der Waals surface area contributed by atoms with Crippen LogP contribution in [0, 0.1) is 0 Å². The second kappa shape index (κ2) is 10.1. The quantitative estimate of drug-likeness (QED) is 0.246. The van der Waals surface area contributed by atoms with Crippen molar-refractivity contribution in [2.75, 3.05) is 13.1 Å². The molecule has 0 fully saturated rings. The lowest BCUT2D eigenvalue weighted by Crippen LogP contribution is -2.61. The number of carbonyl (C=O) groups is 2. The Morgan fingerprint density at radius 1 is 1.00 bits per heavy atom. The molecule has 2 aromatic carbocycles. The molecule has 0 spiro atoms. The average molecular weight is 407 g/mol. The number of alkyl halides is 2. The molecule has 2 aromatic rings. The molecule has 156 valence electrons. The van der Waals surface area contributed by atoms with Gasteiger partial charge in [0, 0.05) is 18.7 Å². The molecule has 2 rings (SSSR count). The monoisotopic (exact) mass is 407 g/mol. The molecule has 2 amide bonds. The van der Waals surface area contributed by atoms with Gasteiger partial charge in [-0.05, 0) is 30.2 Å². The Balaban J connectivity index is 1.89. The zero-order chi connectivity index (χ0) is 21.4. The molecule has 9 heteroatoms. The first-order valence-electron chi connectivity index (χ1n) is 8.89. The van der Waals surface area contributed by atoms with Crippen LogP contribution in [0.2, 0.25) is 0 Å². The van der Waals surface area contributed by atoms with Crippen LogP contribution in [0.5, 0.6) is 0 Å². The van der Waals surface area contributed by atoms with E-state index in [-0.39, 0.29) is 19.0 Å². The highest BCUT2D eigenvalue weighted by molar-refractivity contribution is 5.94. The molecule has 0 aliphatic rings. The van der Waals surface area contributed by atoms with Crippen LogP contribution in [0.1, 0.15) is 17.3 Å². The minimum atomic E-state index is -3.23. The lowest BCUT2D eigenvalue weighted by Gasteiger charge is -2.31. The Bertz CT molecular complexity index is 814. The van der Waals surface area contributed by atoms with Gasteiger partial charge in [-0.15, -0.1) is 0 Å². The molecule has 0 saturated carbocycles. The average Bonchev–Trinajstić information content (AvgIpc) is 2.73. The van der Waals surface area contributed by atoms with Crippen molar-refractivity contribution in [1.29, 1.82) is 0 Å². The van der Waals surface area contributed by atoms with Crippen LogP contribution in [0.3, 0.4) is 0 Å². The van der Waals surface area contributed by atoms with Crippen molar-refractivity contribution < 1.29 is 28.7 Å². The molecule has 0 bridgehead atoms. The highest BCUT2D eigenvalue weighted by atomic mass is 19.3. The summed E-state index contributed by atoms with van der Waals surface area (Å²) in [7, 11) is 0. The van der Waals surface area contributed by atoms with E-state index in [0.29, 0.717) is 5.56 Å². The van der Waals surface area contributed by atoms with Gasteiger partial charge in [-0.3, -0.25) is 14.8 Å². The molecular formula is C20H23F2N3O4. The normalized spacial score (nSPS) is 14.1. The van der Waals surface area contributed by atoms with Crippen molar-refractivity contribution in [1.82, 2.24) is 16.1 Å². The molecule has 29 heavy (non-hydrogen) atoms. The summed E-state index contributed by atoms with van der Waals surface area (Å²) in [5.41, 5.74) is 0.916. The molecule has 0 unspecified atom stereocenters. The van der Waals surface area contributed by atoms with Gasteiger partial charge in [-0.1, -0.05) is 42.5 Å². The van der Waals surface area contributed by atoms with E-state index in [2.05, 4.69) is 10.6 Å². The van der Waals surface area contributed by atoms with E-state index in [9.17, 15) is 23.5 Å². The highest BCUT2D eigenvalue weighted by Gasteiger charge is 2.44. The van der Waals surface area contributed by atoms with E-state index in [1.807, 2.05) is 42.5 Å². The smallest absolute Gasteiger partial charge is 0.268 e. The molecule has 0 aliphatic carbocycles. The Kier molecular flexibility index (Phi) is 7.77. The summed E-state index contributed by atoms with van der Waals surface area (Å²) < 4.78 is 25.9. The van der Waals surface area contributed by atoms with E-state index in [4.69, 9.17) is 5.21 Å². The van der Waals surface area contributed by atoms with Crippen molar-refractivity contribution in [2.24, 2.45) is 0 Å². The zero-order valence-electron chi connectivity index (χ0n) is 15.7. The lowest BCUT2D eigenvalue weighted by molar-refractivity contribution is -0.150. The third-order valence-corrected chi connectivity index (χ3v) is 4.41. The first-order chi connectivity index (χ1) is 13.8. The predicted molar refractivity (Wildman–Crippen MR) is 103 cm³/mol. The van der Waals surface area contributed by atoms with E-state index < -0.39 is 24.0 Å². The third-order valence-electron chi connectivity index (χ3n) is 4.41. The lowest BCUT2D eigenvalue weighted by atomic mass is 9.96. The molecular weight excluding hydrogens is 384 g/mol. The molecule has 2 atom stereocenters. The molecule has 5 N–H and O–H groups in total. The Hall–Kier alpha value is -2.88. The van der Waals surface area contributed by atoms with Gasteiger partial charge in [0.15, 0.2) is 0 Å². The molecule has 7 nitrogen and oxygen atoms in total. The van der Waals surface area contributed by atoms with Gasteiger partial charge in [0.2, 0.25) is 0 Å². The number of benzene rings is 2. The van der Waals surface area contributed by atoms with Gasteiger partial charge < -0.3 is 15.7 Å². The van der Waals surface area contributed by atoms with Crippen LogP contribution in [-0.2, 0) is 4.79 Å². The fourth-order valence-corrected chi connectivity index (χ4v) is 2.69. The van der Waals surface area contributed by atoms with Crippen LogP contribution in [0.15, 0.2) is 54.6 Å². The van der Waals surface area contributed by atoms with Crippen molar-refractivity contribution in [3.8, 4) is 11.1 Å². The van der Waals surface area contributed by atoms with Crippen LogP contribution in [0.25, 0.3) is 11.1 Å². The number of hydrogen-bond acceptors (Lipinski definition) is 5. The Morgan fingerprint density at radius 2 is 1.59 bits per heavy atom. The van der Waals surface area contributed by atoms with Gasteiger partial charge in [0.25, 0.3) is 18.2 Å². The van der Waals surface area contributed by atoms with Gasteiger partial charge in [-0.25, -0.2) is 14.3 Å². The summed E-state index contributed by atoms with van der Waals surface area (Å²) >= 11 is 0. The van der Waals surface area contributed by atoms with Crippen molar-refractivity contribution in [2.45, 2.75) is 25.0 Å². The number of rotatable bonds is 9. The van der Waals surface area contributed by atoms with Crippen molar-refractivity contribution in [3.05, 3.63) is 60.2 Å². The Labute approximate surface area is 166 Å². The van der Waals surface area contributed by atoms with Gasteiger partial charge in [0.1, 0.15) is 11.6 Å². The zero-order valence-corrected chi connectivity index (χ0v) is 15.7. The fraction of sp³-hybridized carbons (Fsp3) is 0.300. The second-order valence-electron chi connectivity index (χ2n) is 6.59. The van der Waals surface area contributed by atoms with E-state index >= 15 is 0 Å². The molecule has 0 heterocycles.